The van der Waals surface area contributed by atoms with Crippen molar-refractivity contribution in [3.05, 3.63) is 60.0 Å². The number of nitrogens with one attached hydrogen (secondary N) is 3. The summed E-state index contributed by atoms with van der Waals surface area (Å²) in [4.78, 5) is 36.0. The van der Waals surface area contributed by atoms with E-state index < -0.39 is 0 Å². The molecule has 0 radical (unpaired) electrons. The van der Waals surface area contributed by atoms with Gasteiger partial charge in [-0.2, -0.15) is 0 Å². The summed E-state index contributed by atoms with van der Waals surface area (Å²) in [5.74, 6) is 0.0828. The van der Waals surface area contributed by atoms with Crippen molar-refractivity contribution in [2.24, 2.45) is 5.92 Å². The van der Waals surface area contributed by atoms with Crippen molar-refractivity contribution in [3.8, 4) is 22.6 Å². The molecule has 142 valence electrons. The second kappa shape index (κ2) is 7.64. The van der Waals surface area contributed by atoms with Gasteiger partial charge < -0.3 is 15.6 Å². The highest BCUT2D eigenvalue weighted by Gasteiger charge is 2.27. The number of amides is 2. The SMILES string of the molecule is Cc1ccc(-c2nc(CNC(=O)C3CNC(=O)C3)[nH]c2-c2ccccn2)cc1. The molecule has 0 spiro atoms. The van der Waals surface area contributed by atoms with Gasteiger partial charge in [-0.1, -0.05) is 35.9 Å². The molecular weight excluding hydrogens is 354 g/mol. The zero-order valence-electron chi connectivity index (χ0n) is 15.5. The Kier molecular flexibility index (Phi) is 4.89. The van der Waals surface area contributed by atoms with Crippen molar-refractivity contribution < 1.29 is 9.59 Å². The number of pyridine rings is 1. The third-order valence-corrected chi connectivity index (χ3v) is 4.78. The fraction of sp³-hybridized carbons (Fsp3) is 0.238. The van der Waals surface area contributed by atoms with E-state index in [1.165, 1.54) is 5.56 Å². The van der Waals surface area contributed by atoms with Crippen LogP contribution < -0.4 is 10.6 Å². The summed E-state index contributed by atoms with van der Waals surface area (Å²) in [6.07, 6.45) is 1.97. The maximum absolute atomic E-state index is 12.3. The highest BCUT2D eigenvalue weighted by Crippen LogP contribution is 2.29. The van der Waals surface area contributed by atoms with E-state index in [1.807, 2.05) is 49.4 Å². The van der Waals surface area contributed by atoms with E-state index in [4.69, 9.17) is 4.98 Å². The van der Waals surface area contributed by atoms with E-state index in [0.717, 1.165) is 22.6 Å². The van der Waals surface area contributed by atoms with E-state index >= 15 is 0 Å². The van der Waals surface area contributed by atoms with Gasteiger partial charge in [0.2, 0.25) is 11.8 Å². The smallest absolute Gasteiger partial charge is 0.225 e. The van der Waals surface area contributed by atoms with Gasteiger partial charge in [-0.3, -0.25) is 14.6 Å². The third-order valence-electron chi connectivity index (χ3n) is 4.78. The van der Waals surface area contributed by atoms with Gasteiger partial charge in [0, 0.05) is 24.7 Å². The number of nitrogens with zero attached hydrogens (tertiary/aromatic N) is 2. The summed E-state index contributed by atoms with van der Waals surface area (Å²) in [7, 11) is 0. The number of carbonyl (C=O) groups is 2. The third kappa shape index (κ3) is 3.78. The van der Waals surface area contributed by atoms with Crippen molar-refractivity contribution in [1.29, 1.82) is 0 Å². The van der Waals surface area contributed by atoms with E-state index in [1.54, 1.807) is 6.20 Å². The Hall–Kier alpha value is -3.48. The number of aryl methyl sites for hydroxylation is 1. The highest BCUT2D eigenvalue weighted by atomic mass is 16.2. The average Bonchev–Trinajstić information content (AvgIpc) is 3.34. The standard InChI is InChI=1S/C21H21N5O2/c1-13-5-7-14(8-6-13)19-20(16-4-2-3-9-22-16)26-17(25-19)12-24-21(28)15-10-18(27)23-11-15/h2-9,15H,10-12H2,1H3,(H,23,27)(H,24,28)(H,25,26). The predicted molar refractivity (Wildman–Crippen MR) is 105 cm³/mol. The number of carbonyl (C=O) groups excluding carboxylic acids is 2. The first-order chi connectivity index (χ1) is 13.6. The number of hydrogen-bond acceptors (Lipinski definition) is 4. The van der Waals surface area contributed by atoms with Gasteiger partial charge in [0.15, 0.2) is 0 Å². The van der Waals surface area contributed by atoms with Crippen LogP contribution >= 0.6 is 0 Å². The monoisotopic (exact) mass is 375 g/mol. The molecule has 1 saturated heterocycles. The number of H-pyrrole nitrogens is 1. The molecule has 7 nitrogen and oxygen atoms in total. The normalized spacial score (nSPS) is 16.0. The second-order valence-corrected chi connectivity index (χ2v) is 6.91. The summed E-state index contributed by atoms with van der Waals surface area (Å²) >= 11 is 0. The Bertz CT molecular complexity index is 995. The Morgan fingerprint density at radius 2 is 2.04 bits per heavy atom. The van der Waals surface area contributed by atoms with Crippen LogP contribution in [0.25, 0.3) is 22.6 Å². The minimum Gasteiger partial charge on any atom is -0.355 e. The molecule has 1 unspecified atom stereocenters. The van der Waals surface area contributed by atoms with Crippen LogP contribution in [0.2, 0.25) is 0 Å². The Balaban J connectivity index is 1.59. The predicted octanol–water partition coefficient (Wildman–Crippen LogP) is 2.20. The molecule has 3 heterocycles. The number of benzene rings is 1. The Morgan fingerprint density at radius 1 is 1.21 bits per heavy atom. The number of hydrogen-bond donors (Lipinski definition) is 3. The van der Waals surface area contributed by atoms with Crippen LogP contribution in [0, 0.1) is 12.8 Å². The molecule has 2 aromatic heterocycles. The summed E-state index contributed by atoms with van der Waals surface area (Å²) in [6.45, 7) is 2.68. The zero-order valence-corrected chi connectivity index (χ0v) is 15.5. The molecule has 4 rings (SSSR count). The minimum atomic E-state index is -0.325. The molecule has 1 aliphatic heterocycles. The van der Waals surface area contributed by atoms with Gasteiger partial charge >= 0.3 is 0 Å². The lowest BCUT2D eigenvalue weighted by molar-refractivity contribution is -0.126. The molecule has 1 aromatic carbocycles. The summed E-state index contributed by atoms with van der Waals surface area (Å²) < 4.78 is 0. The summed E-state index contributed by atoms with van der Waals surface area (Å²) in [6, 6.07) is 13.8. The van der Waals surface area contributed by atoms with Gasteiger partial charge in [0.25, 0.3) is 0 Å². The van der Waals surface area contributed by atoms with Crippen LogP contribution in [0.5, 0.6) is 0 Å². The van der Waals surface area contributed by atoms with Crippen molar-refractivity contribution in [1.82, 2.24) is 25.6 Å². The molecule has 28 heavy (non-hydrogen) atoms. The number of rotatable bonds is 5. The fourth-order valence-corrected chi connectivity index (χ4v) is 3.23. The van der Waals surface area contributed by atoms with E-state index in [9.17, 15) is 9.59 Å². The first-order valence-electron chi connectivity index (χ1n) is 9.22. The number of aromatic amines is 1. The van der Waals surface area contributed by atoms with E-state index in [2.05, 4.69) is 20.6 Å². The summed E-state index contributed by atoms with van der Waals surface area (Å²) in [5, 5.41) is 5.55. The van der Waals surface area contributed by atoms with Crippen molar-refractivity contribution in [2.75, 3.05) is 6.54 Å². The van der Waals surface area contributed by atoms with Crippen molar-refractivity contribution in [2.45, 2.75) is 19.9 Å². The molecule has 1 atom stereocenters. The molecule has 3 N–H and O–H groups in total. The van der Waals surface area contributed by atoms with Gasteiger partial charge in [-0.15, -0.1) is 0 Å². The van der Waals surface area contributed by atoms with Crippen molar-refractivity contribution >= 4 is 11.8 Å². The van der Waals surface area contributed by atoms with E-state index in [-0.39, 0.29) is 30.7 Å². The quantitative estimate of drug-likeness (QED) is 0.636. The molecule has 0 bridgehead atoms. The number of aromatic nitrogens is 3. The van der Waals surface area contributed by atoms with E-state index in [0.29, 0.717) is 12.4 Å². The minimum absolute atomic E-state index is 0.0859. The lowest BCUT2D eigenvalue weighted by Crippen LogP contribution is -2.31. The second-order valence-electron chi connectivity index (χ2n) is 6.91. The molecule has 0 saturated carbocycles. The topological polar surface area (TPSA) is 99.8 Å². The van der Waals surface area contributed by atoms with Crippen LogP contribution in [0.3, 0.4) is 0 Å². The van der Waals surface area contributed by atoms with Gasteiger partial charge in [-0.25, -0.2) is 4.98 Å². The Labute approximate surface area is 162 Å². The first-order valence-corrected chi connectivity index (χ1v) is 9.22. The average molecular weight is 375 g/mol. The van der Waals surface area contributed by atoms with Crippen LogP contribution in [0.15, 0.2) is 48.7 Å². The molecule has 2 amide bonds. The van der Waals surface area contributed by atoms with Crippen LogP contribution in [-0.4, -0.2) is 33.3 Å². The largest absolute Gasteiger partial charge is 0.355 e. The molecule has 1 fully saturated rings. The fourth-order valence-electron chi connectivity index (χ4n) is 3.23. The maximum atomic E-state index is 12.3. The lowest BCUT2D eigenvalue weighted by atomic mass is 10.1. The molecule has 1 aliphatic rings. The van der Waals surface area contributed by atoms with Crippen LogP contribution in [-0.2, 0) is 16.1 Å². The Morgan fingerprint density at radius 3 is 2.71 bits per heavy atom. The molecule has 0 aliphatic carbocycles. The van der Waals surface area contributed by atoms with Gasteiger partial charge in [0.05, 0.1) is 29.5 Å². The highest BCUT2D eigenvalue weighted by molar-refractivity contribution is 5.89. The van der Waals surface area contributed by atoms with Crippen molar-refractivity contribution in [3.63, 3.8) is 0 Å². The number of imidazole rings is 1. The maximum Gasteiger partial charge on any atom is 0.225 e. The summed E-state index contributed by atoms with van der Waals surface area (Å²) in [5.41, 5.74) is 4.54. The van der Waals surface area contributed by atoms with Gasteiger partial charge in [0.1, 0.15) is 5.82 Å². The van der Waals surface area contributed by atoms with Crippen LogP contribution in [0.4, 0.5) is 0 Å². The van der Waals surface area contributed by atoms with Crippen LogP contribution in [0.1, 0.15) is 17.8 Å². The molecular formula is C21H21N5O2. The molecule has 7 heteroatoms. The molecule has 3 aromatic rings. The first kappa shape index (κ1) is 17.9. The van der Waals surface area contributed by atoms with Gasteiger partial charge in [-0.05, 0) is 19.1 Å². The zero-order chi connectivity index (χ0) is 19.5. The lowest BCUT2D eigenvalue weighted by Gasteiger charge is -2.07.